The van der Waals surface area contributed by atoms with E-state index in [1.807, 2.05) is 7.05 Å². The van der Waals surface area contributed by atoms with E-state index in [9.17, 15) is 0 Å². The quantitative estimate of drug-likeness (QED) is 0.644. The van der Waals surface area contributed by atoms with Crippen molar-refractivity contribution in [3.05, 3.63) is 0 Å². The number of rotatable bonds is 6. The van der Waals surface area contributed by atoms with Crippen LogP contribution in [0.15, 0.2) is 0 Å². The molecule has 0 heterocycles. The van der Waals surface area contributed by atoms with E-state index in [1.54, 1.807) is 14.2 Å². The van der Waals surface area contributed by atoms with Crippen molar-refractivity contribution in [2.24, 2.45) is 0 Å². The van der Waals surface area contributed by atoms with Crippen molar-refractivity contribution >= 4 is 0 Å². The summed E-state index contributed by atoms with van der Waals surface area (Å²) in [6, 6.07) is 0. The minimum absolute atomic E-state index is 0.468. The van der Waals surface area contributed by atoms with Crippen molar-refractivity contribution in [2.75, 3.05) is 21.3 Å². The maximum atomic E-state index is 5.29. The summed E-state index contributed by atoms with van der Waals surface area (Å²) in [6.07, 6.45) is 2.32. The van der Waals surface area contributed by atoms with Crippen LogP contribution in [0.3, 0.4) is 0 Å². The van der Waals surface area contributed by atoms with E-state index < -0.39 is 18.6 Å². The van der Waals surface area contributed by atoms with Gasteiger partial charge in [0, 0.05) is 0 Å². The fourth-order valence-corrected chi connectivity index (χ4v) is 3.37. The first-order chi connectivity index (χ1) is 5.29. The maximum absolute atomic E-state index is 5.29. The minimum atomic E-state index is -1.70. The molecule has 11 heavy (non-hydrogen) atoms. The molecule has 1 N–H and O–H groups in total. The first-order valence-corrected chi connectivity index (χ1v) is 6.09. The fourth-order valence-electron chi connectivity index (χ4n) is 1.04. The molecule has 67 valence electrons. The summed E-state index contributed by atoms with van der Waals surface area (Å²) in [7, 11) is 5.43. The normalized spacial score (nSPS) is 13.1. The van der Waals surface area contributed by atoms with Gasteiger partial charge in [-0.3, -0.25) is 0 Å². The van der Waals surface area contributed by atoms with Gasteiger partial charge in [-0.05, 0) is 0 Å². The molecule has 0 rings (SSSR count). The summed E-state index contributed by atoms with van der Waals surface area (Å²) in [6.45, 7) is 2.17. The molecule has 1 atom stereocenters. The van der Waals surface area contributed by atoms with E-state index in [1.165, 1.54) is 6.42 Å². The SMILES string of the molecule is CCC[CH](NC)[Ti]([O]C)[O]C. The molecular weight excluding hydrogens is 178 g/mol. The Kier molecular flexibility index (Phi) is 7.65. The second-order valence-corrected chi connectivity index (χ2v) is 5.72. The van der Waals surface area contributed by atoms with Crippen LogP contribution in [-0.4, -0.2) is 25.6 Å². The Labute approximate surface area is 76.2 Å². The first kappa shape index (κ1) is 11.6. The van der Waals surface area contributed by atoms with Crippen LogP contribution in [0.2, 0.25) is 0 Å². The topological polar surface area (TPSA) is 30.5 Å². The van der Waals surface area contributed by atoms with Crippen molar-refractivity contribution in [2.45, 2.75) is 24.1 Å². The Morgan fingerprint density at radius 3 is 2.18 bits per heavy atom. The van der Waals surface area contributed by atoms with Crippen molar-refractivity contribution in [3.8, 4) is 0 Å². The second-order valence-electron chi connectivity index (χ2n) is 2.36. The van der Waals surface area contributed by atoms with Crippen LogP contribution in [0.25, 0.3) is 0 Å². The van der Waals surface area contributed by atoms with Gasteiger partial charge in [0.25, 0.3) is 0 Å². The Balaban J connectivity index is 3.76. The second kappa shape index (κ2) is 7.25. The van der Waals surface area contributed by atoms with E-state index in [4.69, 9.17) is 6.64 Å². The molecule has 0 aromatic rings. The molecule has 0 saturated carbocycles. The van der Waals surface area contributed by atoms with E-state index in [0.29, 0.717) is 4.35 Å². The van der Waals surface area contributed by atoms with E-state index in [2.05, 4.69) is 12.2 Å². The molecule has 0 aliphatic carbocycles. The molecule has 0 aromatic carbocycles. The van der Waals surface area contributed by atoms with E-state index in [0.717, 1.165) is 6.42 Å². The van der Waals surface area contributed by atoms with Gasteiger partial charge < -0.3 is 0 Å². The average molecular weight is 196 g/mol. The van der Waals surface area contributed by atoms with Crippen LogP contribution in [0.1, 0.15) is 19.8 Å². The average Bonchev–Trinajstić information content (AvgIpc) is 2.05. The number of hydrogen-bond acceptors (Lipinski definition) is 3. The molecule has 0 aromatic heterocycles. The van der Waals surface area contributed by atoms with E-state index in [-0.39, 0.29) is 0 Å². The van der Waals surface area contributed by atoms with Gasteiger partial charge >= 0.3 is 76.0 Å². The van der Waals surface area contributed by atoms with Crippen molar-refractivity contribution < 1.29 is 25.3 Å². The van der Waals surface area contributed by atoms with Gasteiger partial charge in [-0.15, -0.1) is 0 Å². The van der Waals surface area contributed by atoms with E-state index >= 15 is 0 Å². The zero-order valence-electron chi connectivity index (χ0n) is 7.81. The molecule has 0 aliphatic heterocycles. The Morgan fingerprint density at radius 2 is 1.91 bits per heavy atom. The molecule has 0 amide bonds. The predicted octanol–water partition coefficient (Wildman–Crippen LogP) is 1.07. The summed E-state index contributed by atoms with van der Waals surface area (Å²) >= 11 is -1.70. The monoisotopic (exact) mass is 196 g/mol. The van der Waals surface area contributed by atoms with Gasteiger partial charge in [-0.1, -0.05) is 0 Å². The van der Waals surface area contributed by atoms with Crippen LogP contribution in [-0.2, 0) is 25.3 Å². The zero-order valence-corrected chi connectivity index (χ0v) is 9.37. The van der Waals surface area contributed by atoms with Gasteiger partial charge in [0.05, 0.1) is 0 Å². The van der Waals surface area contributed by atoms with Crippen LogP contribution < -0.4 is 5.32 Å². The summed E-state index contributed by atoms with van der Waals surface area (Å²) in [5.41, 5.74) is 0. The number of hydrogen-bond donors (Lipinski definition) is 1. The molecule has 0 aliphatic rings. The number of nitrogens with one attached hydrogen (secondary N) is 1. The third kappa shape index (κ3) is 4.23. The van der Waals surface area contributed by atoms with Crippen LogP contribution in [0.4, 0.5) is 0 Å². The molecule has 1 unspecified atom stereocenters. The fraction of sp³-hybridized carbons (Fsp3) is 1.00. The van der Waals surface area contributed by atoms with Crippen molar-refractivity contribution in [3.63, 3.8) is 0 Å². The Hall–Kier alpha value is 0.594. The molecule has 0 bridgehead atoms. The summed E-state index contributed by atoms with van der Waals surface area (Å²) < 4.78 is 11.0. The van der Waals surface area contributed by atoms with Gasteiger partial charge in [0.15, 0.2) is 0 Å². The Bertz CT molecular complexity index is 88.5. The van der Waals surface area contributed by atoms with Gasteiger partial charge in [0.1, 0.15) is 0 Å². The molecule has 4 heteroatoms. The molecule has 3 nitrogen and oxygen atoms in total. The van der Waals surface area contributed by atoms with Crippen molar-refractivity contribution in [1.29, 1.82) is 0 Å². The van der Waals surface area contributed by atoms with Crippen LogP contribution in [0.5, 0.6) is 0 Å². The molecule has 0 saturated heterocycles. The van der Waals surface area contributed by atoms with Gasteiger partial charge in [-0.25, -0.2) is 0 Å². The molecule has 0 spiro atoms. The van der Waals surface area contributed by atoms with Gasteiger partial charge in [-0.2, -0.15) is 0 Å². The molecule has 0 radical (unpaired) electrons. The summed E-state index contributed by atoms with van der Waals surface area (Å²) in [5, 5.41) is 3.23. The standard InChI is InChI=1S/C5H12N.2CH3O.Ti/c1-3-4-5-6-2;2*1-2;/h5-6H,3-4H2,1-2H3;2*1H3;/q;2*-1;+2. The first-order valence-electron chi connectivity index (χ1n) is 3.92. The Morgan fingerprint density at radius 1 is 1.36 bits per heavy atom. The third-order valence-electron chi connectivity index (χ3n) is 1.61. The van der Waals surface area contributed by atoms with Crippen LogP contribution in [0, 0.1) is 0 Å². The predicted molar refractivity (Wildman–Crippen MR) is 41.8 cm³/mol. The summed E-state index contributed by atoms with van der Waals surface area (Å²) in [4.78, 5) is 0. The third-order valence-corrected chi connectivity index (χ3v) is 4.66. The van der Waals surface area contributed by atoms with Crippen LogP contribution >= 0.6 is 0 Å². The summed E-state index contributed by atoms with van der Waals surface area (Å²) in [5.74, 6) is 0. The molecular formula is C7H18NO2Ti. The van der Waals surface area contributed by atoms with Gasteiger partial charge in [0.2, 0.25) is 0 Å². The zero-order chi connectivity index (χ0) is 8.69. The molecule has 0 fully saturated rings. The van der Waals surface area contributed by atoms with Crippen molar-refractivity contribution in [1.82, 2.24) is 5.32 Å².